The Morgan fingerprint density at radius 3 is 2.77 bits per heavy atom. The monoisotopic (exact) mass is 622 g/mol. The first-order chi connectivity index (χ1) is 22.9. The normalized spacial score (nSPS) is 23.8. The summed E-state index contributed by atoms with van der Waals surface area (Å²) in [7, 11) is -2.85. The van der Waals surface area contributed by atoms with E-state index in [2.05, 4.69) is 9.88 Å². The van der Waals surface area contributed by atoms with Crippen molar-refractivity contribution in [2.75, 3.05) is 26.7 Å². The molecule has 3 aliphatic heterocycles. The number of aromatic carboxylic acids is 1. The number of ether oxygens (including phenoxy) is 3. The molecule has 1 N–H and O–H groups in total. The second-order valence-electron chi connectivity index (χ2n) is 11.2. The number of hydrogen-bond acceptors (Lipinski definition) is 7. The van der Waals surface area contributed by atoms with E-state index in [1.807, 2.05) is 16.7 Å². The van der Waals surface area contributed by atoms with Crippen LogP contribution >= 0.6 is 11.6 Å². The summed E-state index contributed by atoms with van der Waals surface area (Å²) in [6.07, 6.45) is 1.29. The molecule has 0 unspecified atom stereocenters. The van der Waals surface area contributed by atoms with E-state index in [0.717, 1.165) is 43.7 Å². The van der Waals surface area contributed by atoms with Crippen LogP contribution in [-0.4, -0.2) is 63.3 Å². The highest BCUT2D eigenvalue weighted by Crippen LogP contribution is 2.46. The number of halogens is 2. The molecule has 2 aromatic heterocycles. The lowest BCUT2D eigenvalue weighted by Crippen LogP contribution is -2.35. The summed E-state index contributed by atoms with van der Waals surface area (Å²) in [6, 6.07) is 12.6. The summed E-state index contributed by atoms with van der Waals surface area (Å²) >= 11 is 6.10. The fourth-order valence-electron chi connectivity index (χ4n) is 6.15. The smallest absolute Gasteiger partial charge is 0.354 e. The van der Waals surface area contributed by atoms with Gasteiger partial charge in [-0.05, 0) is 80.2 Å². The average Bonchev–Trinajstić information content (AvgIpc) is 3.34. The van der Waals surface area contributed by atoms with Crippen LogP contribution in [0.15, 0.2) is 54.4 Å². The molecule has 44 heavy (non-hydrogen) atoms. The lowest BCUT2D eigenvalue weighted by atomic mass is 9.86. The summed E-state index contributed by atoms with van der Waals surface area (Å²) in [5.41, 5.74) is 2.32. The molecule has 0 bridgehead atoms. The van der Waals surface area contributed by atoms with Gasteiger partial charge in [0.05, 0.1) is 31.7 Å². The molecule has 11 heteroatoms. The number of fused-ring (bicyclic) bond motifs is 2. The van der Waals surface area contributed by atoms with Gasteiger partial charge in [-0.15, -0.1) is 0 Å². The number of aromatic nitrogens is 3. The Morgan fingerprint density at radius 1 is 1.18 bits per heavy atom. The SMILES string of the molecule is [2H]C([2H])([2H])Oc1cc(Cl)ccc1[C@]1([2H])Oc2c(cccc2C2CCN(Cc3nc4ccc(C(=O)O)nc4n3C[C@@H]3CCO3)CC2)C=C1F. The topological polar surface area (TPSA) is 98.9 Å². The van der Waals surface area contributed by atoms with E-state index in [1.165, 1.54) is 30.3 Å². The quantitative estimate of drug-likeness (QED) is 0.241. The summed E-state index contributed by atoms with van der Waals surface area (Å²) in [5, 5.41) is 9.67. The van der Waals surface area contributed by atoms with Crippen LogP contribution in [0.1, 0.15) is 69.7 Å². The van der Waals surface area contributed by atoms with Crippen molar-refractivity contribution in [1.82, 2.24) is 19.4 Å². The number of pyridine rings is 1. The Balaban J connectivity index is 1.12. The predicted octanol–water partition coefficient (Wildman–Crippen LogP) is 6.40. The van der Waals surface area contributed by atoms with Crippen LogP contribution in [0.3, 0.4) is 0 Å². The number of carboxylic acid groups (broad SMARTS) is 1. The summed E-state index contributed by atoms with van der Waals surface area (Å²) < 4.78 is 66.4. The minimum atomic E-state index is -2.85. The zero-order valence-corrected chi connectivity index (χ0v) is 24.4. The molecule has 0 saturated carbocycles. The molecule has 0 spiro atoms. The Morgan fingerprint density at radius 2 is 2.02 bits per heavy atom. The van der Waals surface area contributed by atoms with Gasteiger partial charge in [-0.1, -0.05) is 29.8 Å². The van der Waals surface area contributed by atoms with Crippen molar-refractivity contribution in [2.45, 2.75) is 50.5 Å². The molecule has 4 aromatic rings. The van der Waals surface area contributed by atoms with E-state index in [1.54, 1.807) is 12.1 Å². The standard InChI is InChI=1S/C33H32ClFN4O5/c1-42-28-16-21(34)5-6-24(28)31-25(35)15-20-3-2-4-23(30(20)44-31)19-9-12-38(13-10-19)18-29-36-26-7-8-27(33(40)41)37-32(26)39(29)17-22-11-14-43-22/h2-8,15-16,19,22,31H,9-14,17-18H2,1H3,(H,40,41)/t22-,31-/m0/s1/i1D3,31D. The first kappa shape index (κ1) is 24.3. The molecule has 5 heterocycles. The van der Waals surface area contributed by atoms with Crippen molar-refractivity contribution in [3.63, 3.8) is 0 Å². The highest BCUT2D eigenvalue weighted by atomic mass is 35.5. The van der Waals surface area contributed by atoms with Crippen LogP contribution in [0, 0.1) is 0 Å². The van der Waals surface area contributed by atoms with Gasteiger partial charge < -0.3 is 23.9 Å². The zero-order valence-electron chi connectivity index (χ0n) is 27.6. The van der Waals surface area contributed by atoms with Crippen molar-refractivity contribution in [3.05, 3.63) is 87.6 Å². The second kappa shape index (κ2) is 11.8. The summed E-state index contributed by atoms with van der Waals surface area (Å²) in [6.45, 7) is 3.21. The first-order valence-electron chi connectivity index (χ1n) is 16.5. The maximum Gasteiger partial charge on any atom is 0.354 e. The highest BCUT2D eigenvalue weighted by molar-refractivity contribution is 6.30. The van der Waals surface area contributed by atoms with Gasteiger partial charge in [0.1, 0.15) is 28.7 Å². The minimum Gasteiger partial charge on any atom is -0.496 e. The summed E-state index contributed by atoms with van der Waals surface area (Å²) in [5.74, 6) is -1.09. The van der Waals surface area contributed by atoms with Gasteiger partial charge in [0, 0.05) is 22.8 Å². The van der Waals surface area contributed by atoms with Gasteiger partial charge in [0.15, 0.2) is 17.4 Å². The van der Waals surface area contributed by atoms with E-state index in [0.29, 0.717) is 42.2 Å². The zero-order chi connectivity index (χ0) is 33.8. The predicted molar refractivity (Wildman–Crippen MR) is 163 cm³/mol. The van der Waals surface area contributed by atoms with Gasteiger partial charge in [-0.3, -0.25) is 4.90 Å². The van der Waals surface area contributed by atoms with E-state index in [4.69, 9.17) is 36.3 Å². The largest absolute Gasteiger partial charge is 0.496 e. The number of carboxylic acids is 1. The minimum absolute atomic E-state index is 0.0263. The molecule has 2 saturated heterocycles. The lowest BCUT2D eigenvalue weighted by molar-refractivity contribution is -0.0593. The van der Waals surface area contributed by atoms with Crippen LogP contribution in [0.5, 0.6) is 11.5 Å². The molecule has 228 valence electrons. The van der Waals surface area contributed by atoms with Gasteiger partial charge >= 0.3 is 5.97 Å². The van der Waals surface area contributed by atoms with Crippen molar-refractivity contribution < 1.29 is 34.0 Å². The Kier molecular flexibility index (Phi) is 6.55. The van der Waals surface area contributed by atoms with E-state index in [-0.39, 0.29) is 34.1 Å². The first-order valence-corrected chi connectivity index (χ1v) is 14.9. The number of rotatable bonds is 8. The number of para-hydroxylation sites is 1. The van der Waals surface area contributed by atoms with E-state index >= 15 is 4.39 Å². The van der Waals surface area contributed by atoms with E-state index < -0.39 is 24.9 Å². The summed E-state index contributed by atoms with van der Waals surface area (Å²) in [4.78, 5) is 23.1. The number of piperidine rings is 1. The molecule has 0 radical (unpaired) electrons. The number of nitrogens with zero attached hydrogens (tertiary/aromatic N) is 4. The third-order valence-corrected chi connectivity index (χ3v) is 8.77. The second-order valence-corrected chi connectivity index (χ2v) is 11.7. The third-order valence-electron chi connectivity index (χ3n) is 8.54. The molecule has 7 rings (SSSR count). The molecule has 9 nitrogen and oxygen atoms in total. The number of benzene rings is 2. The Labute approximate surface area is 264 Å². The Hall–Kier alpha value is -3.99. The fourth-order valence-corrected chi connectivity index (χ4v) is 6.31. The molecular weight excluding hydrogens is 587 g/mol. The van der Waals surface area contributed by atoms with Gasteiger partial charge in [-0.25, -0.2) is 19.2 Å². The maximum atomic E-state index is 15.7. The van der Waals surface area contributed by atoms with Gasteiger partial charge in [0.25, 0.3) is 0 Å². The number of imidazole rings is 1. The van der Waals surface area contributed by atoms with Crippen LogP contribution in [0.2, 0.25) is 5.02 Å². The van der Waals surface area contributed by atoms with Crippen molar-refractivity contribution >= 4 is 34.8 Å². The van der Waals surface area contributed by atoms with Gasteiger partial charge in [0.2, 0.25) is 0 Å². The van der Waals surface area contributed by atoms with Crippen LogP contribution in [-0.2, 0) is 17.8 Å². The molecule has 0 amide bonds. The fraction of sp³-hybridized carbons (Fsp3) is 0.364. The molecule has 3 aliphatic rings. The molecule has 2 fully saturated rings. The Bertz CT molecular complexity index is 1930. The number of methoxy groups -OCH3 is 1. The third kappa shape index (κ3) is 5.42. The average molecular weight is 623 g/mol. The maximum absolute atomic E-state index is 15.7. The van der Waals surface area contributed by atoms with Crippen molar-refractivity contribution in [1.29, 1.82) is 0 Å². The lowest BCUT2D eigenvalue weighted by Gasteiger charge is -2.34. The number of carbonyl (C=O) groups is 1. The molecular formula is C33H32ClFN4O5. The number of likely N-dealkylation sites (tertiary alicyclic amines) is 1. The van der Waals surface area contributed by atoms with Crippen molar-refractivity contribution in [3.8, 4) is 11.5 Å². The molecule has 2 aromatic carbocycles. The molecule has 2 atom stereocenters. The van der Waals surface area contributed by atoms with E-state index in [9.17, 15) is 9.90 Å². The number of hydrogen-bond donors (Lipinski definition) is 1. The van der Waals surface area contributed by atoms with Crippen LogP contribution in [0.25, 0.3) is 17.2 Å². The van der Waals surface area contributed by atoms with Crippen LogP contribution in [0.4, 0.5) is 4.39 Å². The highest BCUT2D eigenvalue weighted by Gasteiger charge is 2.32. The van der Waals surface area contributed by atoms with Crippen LogP contribution < -0.4 is 9.47 Å². The van der Waals surface area contributed by atoms with Crippen molar-refractivity contribution in [2.24, 2.45) is 0 Å². The molecule has 0 aliphatic carbocycles. The van der Waals surface area contributed by atoms with Gasteiger partial charge in [-0.2, -0.15) is 0 Å².